The number of rotatable bonds is 6. The van der Waals surface area contributed by atoms with Crippen molar-refractivity contribution >= 4 is 40.1 Å². The number of amides is 3. The van der Waals surface area contributed by atoms with Gasteiger partial charge in [-0.05, 0) is 39.2 Å². The number of hydrogen-bond donors (Lipinski definition) is 2. The van der Waals surface area contributed by atoms with Crippen LogP contribution in [0.5, 0.6) is 0 Å². The first kappa shape index (κ1) is 24.2. The maximum Gasteiger partial charge on any atom is 0.295 e. The van der Waals surface area contributed by atoms with E-state index in [9.17, 15) is 19.2 Å². The van der Waals surface area contributed by atoms with Crippen molar-refractivity contribution in [1.82, 2.24) is 19.7 Å². The number of piperazine rings is 1. The third-order valence-electron chi connectivity index (χ3n) is 6.08. The predicted octanol–water partition coefficient (Wildman–Crippen LogP) is 2.22. The molecule has 9 heteroatoms. The van der Waals surface area contributed by atoms with Crippen molar-refractivity contribution in [2.24, 2.45) is 0 Å². The van der Waals surface area contributed by atoms with E-state index in [2.05, 4.69) is 10.3 Å². The van der Waals surface area contributed by atoms with Crippen LogP contribution in [0.2, 0.25) is 0 Å². The van der Waals surface area contributed by atoms with Gasteiger partial charge in [0.1, 0.15) is 0 Å². The molecule has 0 bridgehead atoms. The molecule has 2 aromatic carbocycles. The molecular weight excluding hydrogens is 446 g/mol. The maximum absolute atomic E-state index is 13.2. The number of fused-ring (bicyclic) bond motifs is 1. The summed E-state index contributed by atoms with van der Waals surface area (Å²) in [4.78, 5) is 59.4. The lowest BCUT2D eigenvalue weighted by molar-refractivity contribution is -0.130. The summed E-state index contributed by atoms with van der Waals surface area (Å²) in [7, 11) is 3.60. The number of likely N-dealkylation sites (N-methyl/N-ethyl adjacent to an activating group) is 1. The Balaban J connectivity index is 1.47. The second-order valence-electron chi connectivity index (χ2n) is 9.01. The molecule has 1 aliphatic rings. The molecule has 0 saturated carbocycles. The van der Waals surface area contributed by atoms with Gasteiger partial charge in [0, 0.05) is 42.8 Å². The number of Topliss-reactive ketones (excluding diaryl/α,β-unsaturated/α-hetero) is 1. The molecule has 9 nitrogen and oxygen atoms in total. The Labute approximate surface area is 203 Å². The van der Waals surface area contributed by atoms with Crippen LogP contribution in [0.3, 0.4) is 0 Å². The third kappa shape index (κ3) is 5.09. The highest BCUT2D eigenvalue weighted by Gasteiger charge is 2.34. The zero-order valence-electron chi connectivity index (χ0n) is 20.1. The summed E-state index contributed by atoms with van der Waals surface area (Å²) in [5, 5.41) is 3.41. The second kappa shape index (κ2) is 10.1. The van der Waals surface area contributed by atoms with Gasteiger partial charge in [-0.2, -0.15) is 0 Å². The molecular formula is C26H29N5O4. The number of carbonyl (C=O) groups is 4. The Morgan fingerprint density at radius 2 is 1.77 bits per heavy atom. The average Bonchev–Trinajstić information content (AvgIpc) is 3.28. The van der Waals surface area contributed by atoms with Crippen molar-refractivity contribution in [2.75, 3.05) is 45.6 Å². The fourth-order valence-corrected chi connectivity index (χ4v) is 4.38. The summed E-state index contributed by atoms with van der Waals surface area (Å²) >= 11 is 0. The van der Waals surface area contributed by atoms with Crippen molar-refractivity contribution in [3.05, 3.63) is 65.9 Å². The van der Waals surface area contributed by atoms with Gasteiger partial charge in [0.25, 0.3) is 17.6 Å². The molecule has 2 heterocycles. The van der Waals surface area contributed by atoms with Gasteiger partial charge in [0.05, 0.1) is 23.3 Å². The highest BCUT2D eigenvalue weighted by Crippen LogP contribution is 2.27. The van der Waals surface area contributed by atoms with E-state index < -0.39 is 11.7 Å². The number of anilines is 1. The van der Waals surface area contributed by atoms with E-state index in [-0.39, 0.29) is 36.5 Å². The maximum atomic E-state index is 13.2. The molecule has 1 fully saturated rings. The van der Waals surface area contributed by atoms with E-state index >= 15 is 0 Å². The van der Waals surface area contributed by atoms with Crippen LogP contribution in [-0.4, -0.2) is 89.5 Å². The molecule has 1 atom stereocenters. The number of ketones is 1. The van der Waals surface area contributed by atoms with Gasteiger partial charge in [-0.15, -0.1) is 0 Å². The minimum absolute atomic E-state index is 0.0867. The van der Waals surface area contributed by atoms with Crippen LogP contribution >= 0.6 is 0 Å². The van der Waals surface area contributed by atoms with Crippen LogP contribution in [0, 0.1) is 0 Å². The van der Waals surface area contributed by atoms with E-state index in [4.69, 9.17) is 0 Å². The number of H-pyrrole nitrogens is 1. The monoisotopic (exact) mass is 475 g/mol. The summed E-state index contributed by atoms with van der Waals surface area (Å²) in [6.45, 7) is 3.04. The Bertz CT molecular complexity index is 1270. The first-order chi connectivity index (χ1) is 16.8. The highest BCUT2D eigenvalue weighted by atomic mass is 16.2. The highest BCUT2D eigenvalue weighted by molar-refractivity contribution is 6.45. The van der Waals surface area contributed by atoms with Gasteiger partial charge in [-0.25, -0.2) is 0 Å². The Morgan fingerprint density at radius 3 is 2.46 bits per heavy atom. The SMILES string of the molecule is CC1CN(C(=O)c2ccccc2)CCN1C(=O)C(=O)c1c[nH]c2c(NC(=O)CN(C)C)cccc12. The molecule has 1 saturated heterocycles. The molecule has 0 aliphatic carbocycles. The number of aromatic nitrogens is 1. The first-order valence-electron chi connectivity index (χ1n) is 11.5. The fraction of sp³-hybridized carbons (Fsp3) is 0.308. The lowest BCUT2D eigenvalue weighted by atomic mass is 10.1. The third-order valence-corrected chi connectivity index (χ3v) is 6.08. The van der Waals surface area contributed by atoms with Gasteiger partial charge in [0.2, 0.25) is 5.91 Å². The summed E-state index contributed by atoms with van der Waals surface area (Å²) in [5.41, 5.74) is 1.98. The van der Waals surface area contributed by atoms with Crippen LogP contribution in [-0.2, 0) is 9.59 Å². The molecule has 0 radical (unpaired) electrons. The number of nitrogens with zero attached hydrogens (tertiary/aromatic N) is 3. The van der Waals surface area contributed by atoms with Gasteiger partial charge in [-0.3, -0.25) is 19.2 Å². The van der Waals surface area contributed by atoms with Crippen LogP contribution in [0.1, 0.15) is 27.6 Å². The molecule has 3 aromatic rings. The van der Waals surface area contributed by atoms with Crippen LogP contribution in [0.25, 0.3) is 10.9 Å². The molecule has 182 valence electrons. The summed E-state index contributed by atoms with van der Waals surface area (Å²) < 4.78 is 0. The molecule has 0 spiro atoms. The fourth-order valence-electron chi connectivity index (χ4n) is 4.38. The largest absolute Gasteiger partial charge is 0.359 e. The quantitative estimate of drug-likeness (QED) is 0.420. The molecule has 1 aliphatic heterocycles. The summed E-state index contributed by atoms with van der Waals surface area (Å²) in [6, 6.07) is 13.9. The standard InChI is InChI=1S/C26H29N5O4/c1-17-15-30(25(34)18-8-5-4-6-9-18)12-13-31(17)26(35)24(33)20-14-27-23-19(20)10-7-11-21(23)28-22(32)16-29(2)3/h4-11,14,17,27H,12-13,15-16H2,1-3H3,(H,28,32). The Kier molecular flexibility index (Phi) is 6.97. The molecule has 35 heavy (non-hydrogen) atoms. The van der Waals surface area contributed by atoms with Crippen molar-refractivity contribution in [3.8, 4) is 0 Å². The van der Waals surface area contributed by atoms with Crippen molar-refractivity contribution in [1.29, 1.82) is 0 Å². The average molecular weight is 476 g/mol. The summed E-state index contributed by atoms with van der Waals surface area (Å²) in [6.07, 6.45) is 1.51. The van der Waals surface area contributed by atoms with Gasteiger partial charge < -0.3 is 25.0 Å². The first-order valence-corrected chi connectivity index (χ1v) is 11.5. The Hall–Kier alpha value is -3.98. The number of nitrogens with one attached hydrogen (secondary N) is 2. The van der Waals surface area contributed by atoms with Crippen LogP contribution in [0.4, 0.5) is 5.69 Å². The van der Waals surface area contributed by atoms with Crippen LogP contribution < -0.4 is 5.32 Å². The van der Waals surface area contributed by atoms with E-state index in [0.717, 1.165) is 0 Å². The topological polar surface area (TPSA) is 106 Å². The van der Waals surface area contributed by atoms with Crippen molar-refractivity contribution < 1.29 is 19.2 Å². The zero-order chi connectivity index (χ0) is 25.1. The molecule has 2 N–H and O–H groups in total. The minimum atomic E-state index is -0.622. The number of carbonyl (C=O) groups excluding carboxylic acids is 4. The van der Waals surface area contributed by atoms with Crippen LogP contribution in [0.15, 0.2) is 54.7 Å². The van der Waals surface area contributed by atoms with Gasteiger partial charge in [-0.1, -0.05) is 30.3 Å². The lowest BCUT2D eigenvalue weighted by Crippen LogP contribution is -2.56. The van der Waals surface area contributed by atoms with E-state index in [0.29, 0.717) is 35.2 Å². The smallest absolute Gasteiger partial charge is 0.295 e. The zero-order valence-corrected chi connectivity index (χ0v) is 20.1. The van der Waals surface area contributed by atoms with Crippen molar-refractivity contribution in [2.45, 2.75) is 13.0 Å². The van der Waals surface area contributed by atoms with E-state index in [1.54, 1.807) is 54.2 Å². The Morgan fingerprint density at radius 1 is 1.03 bits per heavy atom. The van der Waals surface area contributed by atoms with Crippen molar-refractivity contribution in [3.63, 3.8) is 0 Å². The van der Waals surface area contributed by atoms with E-state index in [1.807, 2.05) is 25.1 Å². The number of aromatic amines is 1. The molecule has 1 unspecified atom stereocenters. The number of hydrogen-bond acceptors (Lipinski definition) is 5. The number of para-hydroxylation sites is 1. The lowest BCUT2D eigenvalue weighted by Gasteiger charge is -2.39. The van der Waals surface area contributed by atoms with E-state index in [1.165, 1.54) is 11.1 Å². The second-order valence-corrected chi connectivity index (χ2v) is 9.01. The molecule has 3 amide bonds. The predicted molar refractivity (Wildman–Crippen MR) is 133 cm³/mol. The normalized spacial score (nSPS) is 15.9. The molecule has 1 aromatic heterocycles. The number of benzene rings is 2. The van der Waals surface area contributed by atoms with Gasteiger partial charge >= 0.3 is 0 Å². The minimum Gasteiger partial charge on any atom is -0.359 e. The van der Waals surface area contributed by atoms with Gasteiger partial charge in [0.15, 0.2) is 0 Å². The molecule has 4 rings (SSSR count). The summed E-state index contributed by atoms with van der Waals surface area (Å²) in [5.74, 6) is -1.50.